The lowest BCUT2D eigenvalue weighted by Gasteiger charge is -2.41. The van der Waals surface area contributed by atoms with Gasteiger partial charge in [0.1, 0.15) is 0 Å². The van der Waals surface area contributed by atoms with E-state index in [1.807, 2.05) is 24.3 Å². The molecule has 1 aromatic rings. The second-order valence-corrected chi connectivity index (χ2v) is 6.38. The van der Waals surface area contributed by atoms with Crippen molar-refractivity contribution in [2.24, 2.45) is 5.92 Å². The number of nitrogens with zero attached hydrogens (tertiary/aromatic N) is 1. The molecule has 22 heavy (non-hydrogen) atoms. The number of piperidine rings is 1. The number of nitrogens with one attached hydrogen (secondary N) is 1. The van der Waals surface area contributed by atoms with Crippen molar-refractivity contribution in [3.63, 3.8) is 0 Å². The quantitative estimate of drug-likeness (QED) is 0.825. The second-order valence-electron chi connectivity index (χ2n) is 6.38. The Hall–Kier alpha value is -1.88. The van der Waals surface area contributed by atoms with E-state index in [4.69, 9.17) is 5.11 Å². The summed E-state index contributed by atoms with van der Waals surface area (Å²) in [5.74, 6) is -0.192. The third-order valence-corrected chi connectivity index (χ3v) is 4.94. The van der Waals surface area contributed by atoms with Crippen molar-refractivity contribution in [1.29, 1.82) is 0 Å². The van der Waals surface area contributed by atoms with Crippen molar-refractivity contribution in [3.05, 3.63) is 29.8 Å². The zero-order chi connectivity index (χ0) is 15.7. The van der Waals surface area contributed by atoms with E-state index in [1.165, 1.54) is 0 Å². The molecule has 0 radical (unpaired) electrons. The number of hydrogen-bond acceptors (Lipinski definition) is 4. The number of anilines is 1. The molecule has 3 rings (SSSR count). The topological polar surface area (TPSA) is 69.6 Å². The summed E-state index contributed by atoms with van der Waals surface area (Å²) >= 11 is 0. The Bertz CT molecular complexity index is 581. The maximum atomic E-state index is 12.0. The van der Waals surface area contributed by atoms with Crippen molar-refractivity contribution in [2.45, 2.75) is 37.6 Å². The maximum absolute atomic E-state index is 12.0. The van der Waals surface area contributed by atoms with Gasteiger partial charge >= 0.3 is 0 Å². The molecular formula is C17H22N2O3. The number of aliphatic hydroxyl groups excluding tert-OH is 1. The average Bonchev–Trinajstić information content (AvgIpc) is 2.46. The predicted molar refractivity (Wildman–Crippen MR) is 83.6 cm³/mol. The molecule has 118 valence electrons. The highest BCUT2D eigenvalue weighted by molar-refractivity contribution is 6.01. The van der Waals surface area contributed by atoms with Crippen molar-refractivity contribution in [2.75, 3.05) is 18.6 Å². The summed E-state index contributed by atoms with van der Waals surface area (Å²) in [5, 5.41) is 11.5. The molecule has 0 spiro atoms. The van der Waals surface area contributed by atoms with Gasteiger partial charge in [-0.1, -0.05) is 12.1 Å². The lowest BCUT2D eigenvalue weighted by molar-refractivity contribution is -0.134. The predicted octanol–water partition coefficient (Wildman–Crippen LogP) is 1.41. The molecular weight excluding hydrogens is 280 g/mol. The summed E-state index contributed by atoms with van der Waals surface area (Å²) in [5.41, 5.74) is 2.05. The van der Waals surface area contributed by atoms with Crippen molar-refractivity contribution in [1.82, 2.24) is 5.32 Å². The first-order valence-electron chi connectivity index (χ1n) is 7.86. The fourth-order valence-corrected chi connectivity index (χ4v) is 3.35. The van der Waals surface area contributed by atoms with E-state index in [9.17, 15) is 9.59 Å². The van der Waals surface area contributed by atoms with Crippen LogP contribution in [-0.2, 0) is 9.59 Å². The highest BCUT2D eigenvalue weighted by atomic mass is 16.3. The molecule has 5 nitrogen and oxygen atoms in total. The summed E-state index contributed by atoms with van der Waals surface area (Å²) in [6.07, 6.45) is 3.00. The van der Waals surface area contributed by atoms with Crippen LogP contribution in [0, 0.1) is 5.92 Å². The molecule has 2 aliphatic rings. The van der Waals surface area contributed by atoms with Gasteiger partial charge in [-0.05, 0) is 42.9 Å². The minimum absolute atomic E-state index is 0.181. The van der Waals surface area contributed by atoms with Crippen LogP contribution in [0.1, 0.15) is 37.2 Å². The minimum Gasteiger partial charge on any atom is -0.396 e. The SMILES string of the molecule is CN(c1cccc(C2CCC(=O)NC2=O)c1)C1CC(CO)C1. The van der Waals surface area contributed by atoms with Crippen molar-refractivity contribution >= 4 is 17.5 Å². The number of amides is 2. The Kier molecular flexibility index (Phi) is 4.16. The Morgan fingerprint density at radius 2 is 2.09 bits per heavy atom. The molecule has 1 aromatic carbocycles. The van der Waals surface area contributed by atoms with Crippen LogP contribution >= 0.6 is 0 Å². The third-order valence-electron chi connectivity index (χ3n) is 4.94. The van der Waals surface area contributed by atoms with Gasteiger partial charge in [-0.15, -0.1) is 0 Å². The van der Waals surface area contributed by atoms with E-state index < -0.39 is 0 Å². The van der Waals surface area contributed by atoms with Crippen LogP contribution in [0.2, 0.25) is 0 Å². The standard InChI is InChI=1S/C17H22N2O3/c1-19(14-7-11(8-14)10-20)13-4-2-3-12(9-13)15-5-6-16(21)18-17(15)22/h2-4,9,11,14-15,20H,5-8,10H2,1H3,(H,18,21,22). The number of rotatable bonds is 4. The second kappa shape index (κ2) is 6.08. The van der Waals surface area contributed by atoms with Crippen LogP contribution in [0.25, 0.3) is 0 Å². The summed E-state index contributed by atoms with van der Waals surface area (Å²) in [4.78, 5) is 25.5. The van der Waals surface area contributed by atoms with Gasteiger partial charge in [-0.2, -0.15) is 0 Å². The van der Waals surface area contributed by atoms with E-state index in [0.717, 1.165) is 24.1 Å². The van der Waals surface area contributed by atoms with Gasteiger partial charge < -0.3 is 10.0 Å². The number of hydrogen-bond donors (Lipinski definition) is 2. The summed E-state index contributed by atoms with van der Waals surface area (Å²) in [7, 11) is 2.06. The van der Waals surface area contributed by atoms with E-state index >= 15 is 0 Å². The maximum Gasteiger partial charge on any atom is 0.234 e. The van der Waals surface area contributed by atoms with Gasteiger partial charge in [0, 0.05) is 31.8 Å². The van der Waals surface area contributed by atoms with E-state index in [0.29, 0.717) is 24.8 Å². The van der Waals surface area contributed by atoms with Gasteiger partial charge in [0.15, 0.2) is 0 Å². The van der Waals surface area contributed by atoms with Crippen molar-refractivity contribution < 1.29 is 14.7 Å². The zero-order valence-electron chi connectivity index (χ0n) is 12.8. The number of benzene rings is 1. The molecule has 2 fully saturated rings. The summed E-state index contributed by atoms with van der Waals surface area (Å²) in [6.45, 7) is 0.265. The summed E-state index contributed by atoms with van der Waals surface area (Å²) < 4.78 is 0. The monoisotopic (exact) mass is 302 g/mol. The largest absolute Gasteiger partial charge is 0.396 e. The molecule has 1 heterocycles. The summed E-state index contributed by atoms with van der Waals surface area (Å²) in [6, 6.07) is 8.46. The molecule has 1 aliphatic carbocycles. The van der Waals surface area contributed by atoms with Crippen LogP contribution in [-0.4, -0.2) is 36.6 Å². The molecule has 1 saturated heterocycles. The van der Waals surface area contributed by atoms with E-state index in [-0.39, 0.29) is 24.3 Å². The van der Waals surface area contributed by atoms with Crippen LogP contribution in [0.5, 0.6) is 0 Å². The molecule has 1 atom stereocenters. The molecule has 1 aliphatic heterocycles. The van der Waals surface area contributed by atoms with Crippen LogP contribution < -0.4 is 10.2 Å². The molecule has 1 unspecified atom stereocenters. The van der Waals surface area contributed by atoms with Gasteiger partial charge in [0.25, 0.3) is 0 Å². The highest BCUT2D eigenvalue weighted by Gasteiger charge is 2.32. The van der Waals surface area contributed by atoms with Gasteiger partial charge in [-0.3, -0.25) is 14.9 Å². The molecule has 0 aromatic heterocycles. The minimum atomic E-state index is -0.238. The number of imide groups is 1. The Labute approximate surface area is 130 Å². The van der Waals surface area contributed by atoms with Gasteiger partial charge in [-0.25, -0.2) is 0 Å². The lowest BCUT2D eigenvalue weighted by atomic mass is 9.80. The lowest BCUT2D eigenvalue weighted by Crippen LogP contribution is -2.44. The van der Waals surface area contributed by atoms with Crippen LogP contribution in [0.15, 0.2) is 24.3 Å². The Balaban J connectivity index is 1.72. The Morgan fingerprint density at radius 1 is 1.32 bits per heavy atom. The molecule has 2 N–H and O–H groups in total. The van der Waals surface area contributed by atoms with E-state index in [1.54, 1.807) is 0 Å². The van der Waals surface area contributed by atoms with Gasteiger partial charge in [0.05, 0.1) is 5.92 Å². The first-order chi connectivity index (χ1) is 10.6. The Morgan fingerprint density at radius 3 is 2.77 bits per heavy atom. The average molecular weight is 302 g/mol. The van der Waals surface area contributed by atoms with E-state index in [2.05, 4.69) is 17.3 Å². The third kappa shape index (κ3) is 2.86. The fraction of sp³-hybridized carbons (Fsp3) is 0.529. The number of carbonyl (C=O) groups excluding carboxylic acids is 2. The molecule has 1 saturated carbocycles. The first-order valence-corrected chi connectivity index (χ1v) is 7.86. The van der Waals surface area contributed by atoms with Crippen LogP contribution in [0.3, 0.4) is 0 Å². The molecule has 0 bridgehead atoms. The highest BCUT2D eigenvalue weighted by Crippen LogP contribution is 2.34. The van der Waals surface area contributed by atoms with Crippen LogP contribution in [0.4, 0.5) is 5.69 Å². The molecule has 2 amide bonds. The zero-order valence-corrected chi connectivity index (χ0v) is 12.8. The smallest absolute Gasteiger partial charge is 0.234 e. The normalized spacial score (nSPS) is 28.0. The van der Waals surface area contributed by atoms with Gasteiger partial charge in [0.2, 0.25) is 11.8 Å². The number of carbonyl (C=O) groups is 2. The van der Waals surface area contributed by atoms with Crippen molar-refractivity contribution in [3.8, 4) is 0 Å². The molecule has 5 heteroatoms. The fourth-order valence-electron chi connectivity index (χ4n) is 3.35. The first kappa shape index (κ1) is 15.0. The number of aliphatic hydroxyl groups is 1.